The van der Waals surface area contributed by atoms with Gasteiger partial charge in [0, 0.05) is 28.9 Å². The molecule has 106 valence electrons. The molecule has 2 N–H and O–H groups in total. The zero-order valence-corrected chi connectivity index (χ0v) is 12.6. The van der Waals surface area contributed by atoms with E-state index in [1.54, 1.807) is 6.20 Å². The molecule has 0 fully saturated rings. The second-order valence-electron chi connectivity index (χ2n) is 5.50. The molecule has 1 unspecified atom stereocenters. The Labute approximate surface area is 124 Å². The van der Waals surface area contributed by atoms with Gasteiger partial charge in [-0.05, 0) is 50.1 Å². The number of aryl methyl sites for hydroxylation is 2. The van der Waals surface area contributed by atoms with E-state index in [9.17, 15) is 0 Å². The van der Waals surface area contributed by atoms with E-state index in [0.717, 1.165) is 33.4 Å². The quantitative estimate of drug-likeness (QED) is 0.772. The molecule has 0 aliphatic rings. The molecule has 0 bridgehead atoms. The molecule has 3 rings (SSSR count). The van der Waals surface area contributed by atoms with Crippen molar-refractivity contribution in [3.63, 3.8) is 0 Å². The van der Waals surface area contributed by atoms with Crippen LogP contribution in [0, 0.1) is 13.8 Å². The van der Waals surface area contributed by atoms with Gasteiger partial charge in [-0.25, -0.2) is 4.98 Å². The van der Waals surface area contributed by atoms with Crippen molar-refractivity contribution >= 4 is 10.9 Å². The lowest BCUT2D eigenvalue weighted by atomic mass is 9.97. The Kier molecular flexibility index (Phi) is 3.43. The van der Waals surface area contributed by atoms with E-state index >= 15 is 0 Å². The third-order valence-corrected chi connectivity index (χ3v) is 3.83. The summed E-state index contributed by atoms with van der Waals surface area (Å²) in [5.74, 6) is 0. The van der Waals surface area contributed by atoms with Crippen LogP contribution in [0.1, 0.15) is 29.8 Å². The van der Waals surface area contributed by atoms with Crippen molar-refractivity contribution in [3.05, 3.63) is 59.4 Å². The zero-order chi connectivity index (χ0) is 15.0. The molecule has 0 saturated heterocycles. The standard InChI is InChI=1S/C18H19N3/c1-11-6-4-7-14-10-16(12(2)19)18(21-17(11)14)15-8-5-9-20-13(15)3/h4-10,12H,19H2,1-3H3. The van der Waals surface area contributed by atoms with Crippen LogP contribution in [0.3, 0.4) is 0 Å². The molecular formula is C18H19N3. The van der Waals surface area contributed by atoms with Crippen LogP contribution in [0.15, 0.2) is 42.6 Å². The van der Waals surface area contributed by atoms with Crippen LogP contribution >= 0.6 is 0 Å². The van der Waals surface area contributed by atoms with Gasteiger partial charge in [0.05, 0.1) is 11.2 Å². The molecule has 21 heavy (non-hydrogen) atoms. The molecule has 3 heteroatoms. The molecule has 1 aromatic carbocycles. The number of pyridine rings is 2. The lowest BCUT2D eigenvalue weighted by Crippen LogP contribution is -2.09. The van der Waals surface area contributed by atoms with E-state index in [0.29, 0.717) is 0 Å². The lowest BCUT2D eigenvalue weighted by molar-refractivity contribution is 0.817. The molecule has 0 aliphatic heterocycles. The topological polar surface area (TPSA) is 51.8 Å². The number of hydrogen-bond acceptors (Lipinski definition) is 3. The third-order valence-electron chi connectivity index (χ3n) is 3.83. The molecule has 2 heterocycles. The van der Waals surface area contributed by atoms with Crippen LogP contribution in [-0.2, 0) is 0 Å². The third kappa shape index (κ3) is 2.41. The molecule has 0 saturated carbocycles. The molecule has 0 aliphatic carbocycles. The van der Waals surface area contributed by atoms with Crippen molar-refractivity contribution in [1.82, 2.24) is 9.97 Å². The van der Waals surface area contributed by atoms with Crippen LogP contribution < -0.4 is 5.73 Å². The largest absolute Gasteiger partial charge is 0.324 e. The number of hydrogen-bond donors (Lipinski definition) is 1. The first kappa shape index (κ1) is 13.7. The van der Waals surface area contributed by atoms with Crippen molar-refractivity contribution in [2.75, 3.05) is 0 Å². The van der Waals surface area contributed by atoms with Gasteiger partial charge in [-0.2, -0.15) is 0 Å². The Morgan fingerprint density at radius 1 is 1.10 bits per heavy atom. The highest BCUT2D eigenvalue weighted by Crippen LogP contribution is 2.31. The molecule has 2 aromatic heterocycles. The minimum atomic E-state index is -0.0722. The van der Waals surface area contributed by atoms with Crippen molar-refractivity contribution in [2.45, 2.75) is 26.8 Å². The smallest absolute Gasteiger partial charge is 0.0775 e. The summed E-state index contributed by atoms with van der Waals surface area (Å²) < 4.78 is 0. The maximum atomic E-state index is 6.17. The molecule has 1 atom stereocenters. The number of para-hydroxylation sites is 1. The van der Waals surface area contributed by atoms with Gasteiger partial charge in [-0.15, -0.1) is 0 Å². The van der Waals surface area contributed by atoms with E-state index in [4.69, 9.17) is 10.7 Å². The maximum absolute atomic E-state index is 6.17. The minimum Gasteiger partial charge on any atom is -0.324 e. The normalized spacial score (nSPS) is 12.6. The molecular weight excluding hydrogens is 258 g/mol. The Balaban J connectivity index is 2.37. The summed E-state index contributed by atoms with van der Waals surface area (Å²) in [5.41, 5.74) is 12.4. The van der Waals surface area contributed by atoms with E-state index in [1.165, 1.54) is 5.56 Å². The van der Waals surface area contributed by atoms with Crippen LogP contribution in [-0.4, -0.2) is 9.97 Å². The van der Waals surface area contributed by atoms with Gasteiger partial charge in [0.2, 0.25) is 0 Å². The predicted molar refractivity (Wildman–Crippen MR) is 87.1 cm³/mol. The van der Waals surface area contributed by atoms with Crippen molar-refractivity contribution in [1.29, 1.82) is 0 Å². The van der Waals surface area contributed by atoms with Crippen LogP contribution in [0.5, 0.6) is 0 Å². The predicted octanol–water partition coefficient (Wildman–Crippen LogP) is 3.93. The van der Waals surface area contributed by atoms with Crippen molar-refractivity contribution in [2.24, 2.45) is 5.73 Å². The average Bonchev–Trinajstić information content (AvgIpc) is 2.47. The first-order valence-electron chi connectivity index (χ1n) is 7.16. The number of nitrogens with zero attached hydrogens (tertiary/aromatic N) is 2. The Bertz CT molecular complexity index is 807. The lowest BCUT2D eigenvalue weighted by Gasteiger charge is -2.15. The average molecular weight is 277 g/mol. The summed E-state index contributed by atoms with van der Waals surface area (Å²) in [6, 6.07) is 12.3. The Morgan fingerprint density at radius 2 is 1.90 bits per heavy atom. The van der Waals surface area contributed by atoms with Gasteiger partial charge in [-0.3, -0.25) is 4.98 Å². The summed E-state index contributed by atoms with van der Waals surface area (Å²) in [5, 5.41) is 1.13. The van der Waals surface area contributed by atoms with Gasteiger partial charge in [0.1, 0.15) is 0 Å². The summed E-state index contributed by atoms with van der Waals surface area (Å²) in [6.45, 7) is 6.08. The second kappa shape index (κ2) is 5.26. The second-order valence-corrected chi connectivity index (χ2v) is 5.50. The molecule has 3 nitrogen and oxygen atoms in total. The maximum Gasteiger partial charge on any atom is 0.0775 e. The molecule has 3 aromatic rings. The van der Waals surface area contributed by atoms with Crippen molar-refractivity contribution < 1.29 is 0 Å². The van der Waals surface area contributed by atoms with Gasteiger partial charge in [0.25, 0.3) is 0 Å². The van der Waals surface area contributed by atoms with E-state index in [1.807, 2.05) is 19.9 Å². The number of aromatic nitrogens is 2. The Morgan fingerprint density at radius 3 is 2.62 bits per heavy atom. The van der Waals surface area contributed by atoms with E-state index < -0.39 is 0 Å². The van der Waals surface area contributed by atoms with E-state index in [2.05, 4.69) is 42.2 Å². The fourth-order valence-corrected chi connectivity index (χ4v) is 2.66. The van der Waals surface area contributed by atoms with Crippen LogP contribution in [0.2, 0.25) is 0 Å². The van der Waals surface area contributed by atoms with Gasteiger partial charge in [-0.1, -0.05) is 18.2 Å². The summed E-state index contributed by atoms with van der Waals surface area (Å²) in [7, 11) is 0. The highest BCUT2D eigenvalue weighted by atomic mass is 14.8. The number of nitrogens with two attached hydrogens (primary N) is 1. The number of rotatable bonds is 2. The first-order chi connectivity index (χ1) is 10.1. The SMILES string of the molecule is Cc1ncccc1-c1nc2c(C)cccc2cc1C(C)N. The van der Waals surface area contributed by atoms with Crippen LogP contribution in [0.25, 0.3) is 22.2 Å². The zero-order valence-electron chi connectivity index (χ0n) is 12.6. The highest BCUT2D eigenvalue weighted by Gasteiger charge is 2.15. The Hall–Kier alpha value is -2.26. The van der Waals surface area contributed by atoms with E-state index in [-0.39, 0.29) is 6.04 Å². The number of fused-ring (bicyclic) bond motifs is 1. The van der Waals surface area contributed by atoms with Crippen LogP contribution in [0.4, 0.5) is 0 Å². The van der Waals surface area contributed by atoms with Crippen molar-refractivity contribution in [3.8, 4) is 11.3 Å². The number of benzene rings is 1. The highest BCUT2D eigenvalue weighted by molar-refractivity contribution is 5.86. The fraction of sp³-hybridized carbons (Fsp3) is 0.222. The fourth-order valence-electron chi connectivity index (χ4n) is 2.66. The van der Waals surface area contributed by atoms with Gasteiger partial charge in [0.15, 0.2) is 0 Å². The molecule has 0 spiro atoms. The van der Waals surface area contributed by atoms with Gasteiger partial charge >= 0.3 is 0 Å². The first-order valence-corrected chi connectivity index (χ1v) is 7.16. The molecule has 0 amide bonds. The summed E-state index contributed by atoms with van der Waals surface area (Å²) >= 11 is 0. The summed E-state index contributed by atoms with van der Waals surface area (Å²) in [4.78, 5) is 9.28. The van der Waals surface area contributed by atoms with Gasteiger partial charge < -0.3 is 5.73 Å². The minimum absolute atomic E-state index is 0.0722. The summed E-state index contributed by atoms with van der Waals surface area (Å²) in [6.07, 6.45) is 1.80. The molecule has 0 radical (unpaired) electrons. The monoisotopic (exact) mass is 277 g/mol.